The molecule has 0 saturated heterocycles. The Kier molecular flexibility index (Phi) is 4.75. The third-order valence-corrected chi connectivity index (χ3v) is 2.27. The van der Waals surface area contributed by atoms with Crippen LogP contribution in [0.2, 0.25) is 0 Å². The first-order chi connectivity index (χ1) is 5.27. The van der Waals surface area contributed by atoms with Crippen molar-refractivity contribution in [1.82, 2.24) is 9.78 Å². The van der Waals surface area contributed by atoms with Gasteiger partial charge in [-0.15, -0.1) is 24.8 Å². The number of fused-ring (bicyclic) bond motifs is 1. The summed E-state index contributed by atoms with van der Waals surface area (Å²) in [7, 11) is 1.95. The second kappa shape index (κ2) is 4.84. The van der Waals surface area contributed by atoms with E-state index in [0.717, 1.165) is 12.8 Å². The van der Waals surface area contributed by atoms with Gasteiger partial charge in [-0.25, -0.2) is 0 Å². The van der Waals surface area contributed by atoms with Crippen LogP contribution >= 0.6 is 24.8 Å². The van der Waals surface area contributed by atoms with Gasteiger partial charge in [-0.05, 0) is 19.3 Å². The summed E-state index contributed by atoms with van der Waals surface area (Å²) in [5.41, 5.74) is 8.36. The van der Waals surface area contributed by atoms with Gasteiger partial charge in [0.2, 0.25) is 0 Å². The zero-order chi connectivity index (χ0) is 7.84. The van der Waals surface area contributed by atoms with Crippen LogP contribution in [0.5, 0.6) is 0 Å². The fourth-order valence-electron chi connectivity index (χ4n) is 1.70. The zero-order valence-electron chi connectivity index (χ0n) is 7.56. The lowest BCUT2D eigenvalue weighted by atomic mass is 9.94. The maximum absolute atomic E-state index is 5.91. The van der Waals surface area contributed by atoms with Crippen LogP contribution in [0.4, 0.5) is 0 Å². The van der Waals surface area contributed by atoms with E-state index in [0.29, 0.717) is 0 Å². The first-order valence-electron chi connectivity index (χ1n) is 4.05. The van der Waals surface area contributed by atoms with Crippen LogP contribution in [0.15, 0.2) is 6.20 Å². The molecule has 0 radical (unpaired) electrons. The lowest BCUT2D eigenvalue weighted by Crippen LogP contribution is -2.15. The van der Waals surface area contributed by atoms with Crippen molar-refractivity contribution < 1.29 is 0 Å². The van der Waals surface area contributed by atoms with E-state index in [2.05, 4.69) is 5.10 Å². The van der Waals surface area contributed by atoms with Gasteiger partial charge >= 0.3 is 0 Å². The monoisotopic (exact) mass is 223 g/mol. The molecule has 0 amide bonds. The third kappa shape index (κ3) is 2.36. The van der Waals surface area contributed by atoms with Crippen LogP contribution in [0.25, 0.3) is 0 Å². The Bertz CT molecular complexity index is 272. The molecule has 13 heavy (non-hydrogen) atoms. The number of rotatable bonds is 0. The predicted octanol–water partition coefficient (Wildman–Crippen LogP) is 1.60. The fraction of sp³-hybridized carbons (Fsp3) is 0.625. The van der Waals surface area contributed by atoms with Gasteiger partial charge in [-0.2, -0.15) is 5.10 Å². The van der Waals surface area contributed by atoms with Crippen molar-refractivity contribution in [3.63, 3.8) is 0 Å². The molecule has 1 aromatic heterocycles. The summed E-state index contributed by atoms with van der Waals surface area (Å²) in [6.07, 6.45) is 5.44. The van der Waals surface area contributed by atoms with E-state index in [1.807, 2.05) is 17.9 Å². The molecule has 76 valence electrons. The Labute approximate surface area is 90.5 Å². The number of hydrogen-bond donors (Lipinski definition) is 1. The molecule has 2 rings (SSSR count). The van der Waals surface area contributed by atoms with Crippen LogP contribution in [0.3, 0.4) is 0 Å². The second-order valence-electron chi connectivity index (χ2n) is 3.20. The van der Waals surface area contributed by atoms with Crippen LogP contribution in [0, 0.1) is 0 Å². The molecule has 1 aliphatic carbocycles. The van der Waals surface area contributed by atoms with Gasteiger partial charge in [0.15, 0.2) is 0 Å². The Balaban J connectivity index is 0.000000720. The summed E-state index contributed by atoms with van der Waals surface area (Å²) in [4.78, 5) is 0. The minimum absolute atomic E-state index is 0. The average molecular weight is 224 g/mol. The molecule has 0 aliphatic heterocycles. The largest absolute Gasteiger partial charge is 0.324 e. The molecule has 0 saturated carbocycles. The van der Waals surface area contributed by atoms with Crippen molar-refractivity contribution in [2.75, 3.05) is 0 Å². The molecule has 5 heteroatoms. The zero-order valence-corrected chi connectivity index (χ0v) is 9.20. The Morgan fingerprint density at radius 3 is 2.85 bits per heavy atom. The summed E-state index contributed by atoms with van der Waals surface area (Å²) in [5.74, 6) is 0. The van der Waals surface area contributed by atoms with Crippen molar-refractivity contribution >= 4 is 24.8 Å². The molecule has 0 bridgehead atoms. The van der Waals surface area contributed by atoms with E-state index in [1.165, 1.54) is 17.7 Å². The molecule has 1 aliphatic rings. The lowest BCUT2D eigenvalue weighted by molar-refractivity contribution is 0.565. The lowest BCUT2D eigenvalue weighted by Gasteiger charge is -2.15. The minimum Gasteiger partial charge on any atom is -0.324 e. The van der Waals surface area contributed by atoms with Crippen molar-refractivity contribution in [2.45, 2.75) is 25.3 Å². The normalized spacial score (nSPS) is 19.7. The molecule has 0 aromatic carbocycles. The molecule has 0 fully saturated rings. The molecule has 3 nitrogen and oxygen atoms in total. The summed E-state index contributed by atoms with van der Waals surface area (Å²) in [5, 5.41) is 4.34. The first kappa shape index (κ1) is 12.8. The number of nitrogens with two attached hydrogens (primary N) is 1. The Morgan fingerprint density at radius 2 is 2.23 bits per heavy atom. The summed E-state index contributed by atoms with van der Waals surface area (Å²) in [6.45, 7) is 0. The quantitative estimate of drug-likeness (QED) is 0.727. The smallest absolute Gasteiger partial charge is 0.0672 e. The van der Waals surface area contributed by atoms with Gasteiger partial charge in [0.1, 0.15) is 0 Å². The standard InChI is InChI=1S/C8H13N3.2ClH/c1-11-5-6-7(9)3-2-4-8(6)10-11;;/h5,7H,2-4,9H2,1H3;2*1H. The van der Waals surface area contributed by atoms with Crippen molar-refractivity contribution in [3.8, 4) is 0 Å². The van der Waals surface area contributed by atoms with E-state index >= 15 is 0 Å². The van der Waals surface area contributed by atoms with E-state index in [9.17, 15) is 0 Å². The molecule has 1 atom stereocenters. The maximum atomic E-state index is 5.91. The average Bonchev–Trinajstić information content (AvgIpc) is 2.31. The predicted molar refractivity (Wildman–Crippen MR) is 57.6 cm³/mol. The van der Waals surface area contributed by atoms with Gasteiger partial charge in [-0.1, -0.05) is 0 Å². The van der Waals surface area contributed by atoms with Gasteiger partial charge in [-0.3, -0.25) is 4.68 Å². The number of aromatic nitrogens is 2. The van der Waals surface area contributed by atoms with Gasteiger partial charge < -0.3 is 5.73 Å². The molecule has 1 aromatic rings. The third-order valence-electron chi connectivity index (χ3n) is 2.27. The second-order valence-corrected chi connectivity index (χ2v) is 3.20. The van der Waals surface area contributed by atoms with Gasteiger partial charge in [0.25, 0.3) is 0 Å². The van der Waals surface area contributed by atoms with Crippen molar-refractivity contribution in [2.24, 2.45) is 12.8 Å². The molecule has 1 heterocycles. The van der Waals surface area contributed by atoms with E-state index in [-0.39, 0.29) is 30.9 Å². The Morgan fingerprint density at radius 1 is 1.54 bits per heavy atom. The van der Waals surface area contributed by atoms with Gasteiger partial charge in [0, 0.05) is 24.8 Å². The van der Waals surface area contributed by atoms with Crippen LogP contribution in [0.1, 0.15) is 30.1 Å². The van der Waals surface area contributed by atoms with Crippen molar-refractivity contribution in [3.05, 3.63) is 17.5 Å². The summed E-state index contributed by atoms with van der Waals surface area (Å²) >= 11 is 0. The number of halogens is 2. The summed E-state index contributed by atoms with van der Waals surface area (Å²) in [6, 6.07) is 0.229. The van der Waals surface area contributed by atoms with Crippen LogP contribution in [-0.2, 0) is 13.5 Å². The van der Waals surface area contributed by atoms with E-state index in [1.54, 1.807) is 0 Å². The number of nitrogens with zero attached hydrogens (tertiary/aromatic N) is 2. The molecular formula is C8H15Cl2N3. The highest BCUT2D eigenvalue weighted by Crippen LogP contribution is 2.26. The molecule has 1 unspecified atom stereocenters. The number of aryl methyl sites for hydroxylation is 2. The highest BCUT2D eigenvalue weighted by Gasteiger charge is 2.19. The minimum atomic E-state index is 0. The summed E-state index contributed by atoms with van der Waals surface area (Å²) < 4.78 is 1.86. The van der Waals surface area contributed by atoms with Crippen LogP contribution < -0.4 is 5.73 Å². The SMILES string of the molecule is Cl.Cl.Cn1cc2c(n1)CCCC2N. The Hall–Kier alpha value is -0.250. The van der Waals surface area contributed by atoms with E-state index in [4.69, 9.17) is 5.73 Å². The maximum Gasteiger partial charge on any atom is 0.0672 e. The van der Waals surface area contributed by atoms with Crippen molar-refractivity contribution in [1.29, 1.82) is 0 Å². The molecule has 2 N–H and O–H groups in total. The number of hydrogen-bond acceptors (Lipinski definition) is 2. The molecule has 0 spiro atoms. The van der Waals surface area contributed by atoms with E-state index < -0.39 is 0 Å². The highest BCUT2D eigenvalue weighted by atomic mass is 35.5. The highest BCUT2D eigenvalue weighted by molar-refractivity contribution is 5.85. The van der Waals surface area contributed by atoms with Gasteiger partial charge in [0.05, 0.1) is 5.69 Å². The fourth-order valence-corrected chi connectivity index (χ4v) is 1.70. The topological polar surface area (TPSA) is 43.8 Å². The first-order valence-corrected chi connectivity index (χ1v) is 4.05. The molecular weight excluding hydrogens is 209 g/mol. The van der Waals surface area contributed by atoms with Crippen LogP contribution in [-0.4, -0.2) is 9.78 Å².